The molecule has 0 spiro atoms. The van der Waals surface area contributed by atoms with Crippen LogP contribution in [0.5, 0.6) is 0 Å². The Bertz CT molecular complexity index is 698. The van der Waals surface area contributed by atoms with Gasteiger partial charge in [-0.25, -0.2) is 8.42 Å². The molecule has 1 aliphatic heterocycles. The van der Waals surface area contributed by atoms with Crippen molar-refractivity contribution in [3.8, 4) is 0 Å². The summed E-state index contributed by atoms with van der Waals surface area (Å²) in [6.45, 7) is 0.564. The van der Waals surface area contributed by atoms with Crippen LogP contribution < -0.4 is 5.73 Å². The quantitative estimate of drug-likeness (QED) is 0.851. The summed E-state index contributed by atoms with van der Waals surface area (Å²) in [5.74, 6) is -0.990. The van der Waals surface area contributed by atoms with Crippen LogP contribution in [0.4, 0.5) is 0 Å². The van der Waals surface area contributed by atoms with Gasteiger partial charge in [0.25, 0.3) is 0 Å². The molecule has 2 rings (SSSR count). The van der Waals surface area contributed by atoms with E-state index >= 15 is 0 Å². The highest BCUT2D eigenvalue weighted by molar-refractivity contribution is 7.89. The maximum Gasteiger partial charge on any atom is 0.248 e. The van der Waals surface area contributed by atoms with Gasteiger partial charge in [0.2, 0.25) is 21.8 Å². The van der Waals surface area contributed by atoms with E-state index in [-0.39, 0.29) is 28.8 Å². The summed E-state index contributed by atoms with van der Waals surface area (Å²) in [7, 11) is -0.356. The van der Waals surface area contributed by atoms with E-state index in [0.29, 0.717) is 19.4 Å². The molecule has 0 radical (unpaired) electrons. The maximum absolute atomic E-state index is 12.7. The summed E-state index contributed by atoms with van der Waals surface area (Å²) < 4.78 is 26.7. The molecule has 1 aromatic carbocycles. The first-order valence-electron chi connectivity index (χ1n) is 7.34. The maximum atomic E-state index is 12.7. The molecule has 0 unspecified atom stereocenters. The van der Waals surface area contributed by atoms with E-state index in [9.17, 15) is 18.0 Å². The highest BCUT2D eigenvalue weighted by Gasteiger charge is 2.33. The lowest BCUT2D eigenvalue weighted by atomic mass is 9.98. The number of piperidine rings is 1. The number of hydrogen-bond donors (Lipinski definition) is 1. The summed E-state index contributed by atoms with van der Waals surface area (Å²) in [6.07, 6.45) is 1.33. The van der Waals surface area contributed by atoms with Crippen LogP contribution in [-0.4, -0.2) is 56.6 Å². The Morgan fingerprint density at radius 3 is 2.35 bits per heavy atom. The Kier molecular flexibility index (Phi) is 5.06. The second-order valence-electron chi connectivity index (χ2n) is 5.82. The highest BCUT2D eigenvalue weighted by Crippen LogP contribution is 2.24. The van der Waals surface area contributed by atoms with Gasteiger partial charge >= 0.3 is 0 Å². The van der Waals surface area contributed by atoms with Crippen LogP contribution in [-0.2, 0) is 14.8 Å². The van der Waals surface area contributed by atoms with Crippen LogP contribution in [0.1, 0.15) is 23.2 Å². The molecular formula is C15H21N3O4S. The van der Waals surface area contributed by atoms with Gasteiger partial charge in [-0.15, -0.1) is 0 Å². The Labute approximate surface area is 136 Å². The third-order valence-electron chi connectivity index (χ3n) is 3.95. The van der Waals surface area contributed by atoms with Crippen LogP contribution in [0, 0.1) is 5.92 Å². The molecule has 23 heavy (non-hydrogen) atoms. The van der Waals surface area contributed by atoms with Gasteiger partial charge < -0.3 is 10.6 Å². The minimum Gasteiger partial charge on any atom is -0.366 e. The Morgan fingerprint density at radius 1 is 1.22 bits per heavy atom. The third kappa shape index (κ3) is 3.70. The SMILES string of the molecule is CN(C)C(=O)[C@@H]1CCCN(S(=O)(=O)c2ccc(C(N)=O)cc2)C1. The molecular weight excluding hydrogens is 318 g/mol. The van der Waals surface area contributed by atoms with Crippen molar-refractivity contribution < 1.29 is 18.0 Å². The van der Waals surface area contributed by atoms with Crippen LogP contribution in [0.15, 0.2) is 29.2 Å². The fourth-order valence-electron chi connectivity index (χ4n) is 2.67. The Hall–Kier alpha value is -1.93. The van der Waals surface area contributed by atoms with Gasteiger partial charge in [-0.2, -0.15) is 4.31 Å². The summed E-state index contributed by atoms with van der Waals surface area (Å²) >= 11 is 0. The lowest BCUT2D eigenvalue weighted by Crippen LogP contribution is -2.45. The number of sulfonamides is 1. The fourth-order valence-corrected chi connectivity index (χ4v) is 4.19. The molecule has 1 heterocycles. The summed E-state index contributed by atoms with van der Waals surface area (Å²) in [5.41, 5.74) is 5.41. The summed E-state index contributed by atoms with van der Waals surface area (Å²) in [6, 6.07) is 5.52. The largest absolute Gasteiger partial charge is 0.366 e. The summed E-state index contributed by atoms with van der Waals surface area (Å²) in [4.78, 5) is 24.7. The molecule has 0 saturated carbocycles. The predicted octanol–water partition coefficient (Wildman–Crippen LogP) is 0.274. The first-order chi connectivity index (χ1) is 10.7. The van der Waals surface area contributed by atoms with Crippen LogP contribution in [0.3, 0.4) is 0 Å². The second-order valence-corrected chi connectivity index (χ2v) is 7.76. The summed E-state index contributed by atoms with van der Waals surface area (Å²) in [5, 5.41) is 0. The van der Waals surface area contributed by atoms with Gasteiger partial charge in [-0.05, 0) is 37.1 Å². The number of amides is 2. The van der Waals surface area contributed by atoms with E-state index in [0.717, 1.165) is 0 Å². The molecule has 0 aromatic heterocycles. The first kappa shape index (κ1) is 17.4. The highest BCUT2D eigenvalue weighted by atomic mass is 32.2. The minimum absolute atomic E-state index is 0.0611. The number of nitrogens with two attached hydrogens (primary N) is 1. The zero-order valence-electron chi connectivity index (χ0n) is 13.2. The number of benzene rings is 1. The fraction of sp³-hybridized carbons (Fsp3) is 0.467. The van der Waals surface area contributed by atoms with Crippen molar-refractivity contribution in [2.24, 2.45) is 11.7 Å². The van der Waals surface area contributed by atoms with Gasteiger partial charge in [0.15, 0.2) is 0 Å². The Morgan fingerprint density at radius 2 is 1.83 bits per heavy atom. The molecule has 2 amide bonds. The molecule has 0 bridgehead atoms. The standard InChI is InChI=1S/C15H21N3O4S/c1-17(2)15(20)12-4-3-9-18(10-12)23(21,22)13-7-5-11(6-8-13)14(16)19/h5-8,12H,3-4,9-10H2,1-2H3,(H2,16,19)/t12-/m1/s1. The topological polar surface area (TPSA) is 101 Å². The van der Waals surface area contributed by atoms with Crippen LogP contribution >= 0.6 is 0 Å². The van der Waals surface area contributed by atoms with Crippen molar-refractivity contribution in [2.45, 2.75) is 17.7 Å². The van der Waals surface area contributed by atoms with Crippen molar-refractivity contribution in [1.29, 1.82) is 0 Å². The van der Waals surface area contributed by atoms with E-state index < -0.39 is 15.9 Å². The zero-order chi connectivity index (χ0) is 17.2. The number of rotatable bonds is 4. The number of primary amides is 1. The minimum atomic E-state index is -3.69. The smallest absolute Gasteiger partial charge is 0.248 e. The van der Waals surface area contributed by atoms with Crippen molar-refractivity contribution in [1.82, 2.24) is 9.21 Å². The van der Waals surface area contributed by atoms with Crippen LogP contribution in [0.25, 0.3) is 0 Å². The van der Waals surface area contributed by atoms with Crippen LogP contribution in [0.2, 0.25) is 0 Å². The van der Waals surface area contributed by atoms with Gasteiger partial charge in [0.1, 0.15) is 0 Å². The van der Waals surface area contributed by atoms with E-state index in [4.69, 9.17) is 5.73 Å². The van der Waals surface area contributed by atoms with E-state index in [1.54, 1.807) is 14.1 Å². The van der Waals surface area contributed by atoms with Crippen molar-refractivity contribution >= 4 is 21.8 Å². The average molecular weight is 339 g/mol. The second kappa shape index (κ2) is 6.67. The van der Waals surface area contributed by atoms with Gasteiger partial charge in [-0.3, -0.25) is 9.59 Å². The molecule has 8 heteroatoms. The molecule has 1 aromatic rings. The molecule has 1 saturated heterocycles. The normalized spacial score (nSPS) is 19.3. The van der Waals surface area contributed by atoms with Gasteiger partial charge in [0.05, 0.1) is 10.8 Å². The van der Waals surface area contributed by atoms with Crippen molar-refractivity contribution in [3.63, 3.8) is 0 Å². The van der Waals surface area contributed by atoms with Crippen molar-refractivity contribution in [2.75, 3.05) is 27.2 Å². The molecule has 7 nitrogen and oxygen atoms in total. The van der Waals surface area contributed by atoms with E-state index in [2.05, 4.69) is 0 Å². The van der Waals surface area contributed by atoms with E-state index in [1.807, 2.05) is 0 Å². The number of hydrogen-bond acceptors (Lipinski definition) is 4. The van der Waals surface area contributed by atoms with Gasteiger partial charge in [-0.1, -0.05) is 0 Å². The van der Waals surface area contributed by atoms with Gasteiger partial charge in [0, 0.05) is 32.7 Å². The lowest BCUT2D eigenvalue weighted by molar-refractivity contribution is -0.134. The number of carbonyl (C=O) groups excluding carboxylic acids is 2. The molecule has 126 valence electrons. The lowest BCUT2D eigenvalue weighted by Gasteiger charge is -2.32. The molecule has 1 atom stereocenters. The van der Waals surface area contributed by atoms with E-state index in [1.165, 1.54) is 33.5 Å². The molecule has 1 aliphatic rings. The predicted molar refractivity (Wildman–Crippen MR) is 85.1 cm³/mol. The average Bonchev–Trinajstić information content (AvgIpc) is 2.54. The zero-order valence-corrected chi connectivity index (χ0v) is 14.0. The molecule has 0 aliphatic carbocycles. The van der Waals surface area contributed by atoms with Crippen molar-refractivity contribution in [3.05, 3.63) is 29.8 Å². The molecule has 1 fully saturated rings. The first-order valence-corrected chi connectivity index (χ1v) is 8.78. The third-order valence-corrected chi connectivity index (χ3v) is 5.83. The monoisotopic (exact) mass is 339 g/mol. The Balaban J connectivity index is 2.21. The number of nitrogens with zero attached hydrogens (tertiary/aromatic N) is 2. The number of carbonyl (C=O) groups is 2. The molecule has 2 N–H and O–H groups in total.